The van der Waals surface area contributed by atoms with Crippen molar-refractivity contribution in [2.75, 3.05) is 20.6 Å². The van der Waals surface area contributed by atoms with Crippen molar-refractivity contribution in [3.05, 3.63) is 82.9 Å². The largest absolute Gasteiger partial charge is 0.416 e. The smallest absolute Gasteiger partial charge is 0.309 e. The molecule has 0 atom stereocenters. The van der Waals surface area contributed by atoms with Crippen LogP contribution in [0.15, 0.2) is 71.8 Å². The number of halogens is 4. The zero-order valence-electron chi connectivity index (χ0n) is 18.2. The van der Waals surface area contributed by atoms with E-state index >= 15 is 0 Å². The maximum absolute atomic E-state index is 12.8. The van der Waals surface area contributed by atoms with Crippen LogP contribution >= 0.6 is 12.4 Å². The van der Waals surface area contributed by atoms with Crippen LogP contribution in [-0.2, 0) is 12.7 Å². The Kier molecular flexibility index (Phi) is 7.29. The highest BCUT2D eigenvalue weighted by atomic mass is 35.5. The number of nitrogens with zero attached hydrogens (tertiary/aromatic N) is 4. The molecule has 0 N–H and O–H groups in total. The molecule has 0 spiro atoms. The molecule has 0 fully saturated rings. The molecule has 0 amide bonds. The second-order valence-electron chi connectivity index (χ2n) is 7.97. The third-order valence-electron chi connectivity index (χ3n) is 5.34. The fourth-order valence-electron chi connectivity index (χ4n) is 3.66. The molecule has 2 heterocycles. The van der Waals surface area contributed by atoms with Gasteiger partial charge in [-0.25, -0.2) is 0 Å². The Morgan fingerprint density at radius 3 is 2.33 bits per heavy atom. The Labute approximate surface area is 195 Å². The molecule has 33 heavy (non-hydrogen) atoms. The van der Waals surface area contributed by atoms with Crippen LogP contribution in [0.4, 0.5) is 13.2 Å². The topological polar surface area (TPSA) is 43.1 Å². The molecule has 0 unspecified atom stereocenters. The number of rotatable bonds is 6. The Balaban J connectivity index is 0.00000306. The van der Waals surface area contributed by atoms with Crippen LogP contribution in [0, 0.1) is 0 Å². The number of benzene rings is 2. The molecule has 5 nitrogen and oxygen atoms in total. The van der Waals surface area contributed by atoms with E-state index in [2.05, 4.69) is 10.00 Å². The van der Waals surface area contributed by atoms with E-state index in [1.165, 1.54) is 22.8 Å². The summed E-state index contributed by atoms with van der Waals surface area (Å²) in [5.41, 5.74) is 1.84. The van der Waals surface area contributed by atoms with Gasteiger partial charge >= 0.3 is 6.18 Å². The lowest BCUT2D eigenvalue weighted by Gasteiger charge is -2.11. The maximum atomic E-state index is 12.8. The van der Waals surface area contributed by atoms with Crippen LogP contribution in [0.2, 0.25) is 0 Å². The van der Waals surface area contributed by atoms with Crippen LogP contribution in [0.25, 0.3) is 27.7 Å². The van der Waals surface area contributed by atoms with Crippen molar-refractivity contribution >= 4 is 23.3 Å². The zero-order valence-corrected chi connectivity index (χ0v) is 19.0. The first-order chi connectivity index (χ1) is 15.2. The quantitative estimate of drug-likeness (QED) is 0.382. The fraction of sp³-hybridized carbons (Fsp3) is 0.250. The van der Waals surface area contributed by atoms with Crippen molar-refractivity contribution in [1.29, 1.82) is 0 Å². The van der Waals surface area contributed by atoms with Gasteiger partial charge in [0.25, 0.3) is 5.56 Å². The van der Waals surface area contributed by atoms with Gasteiger partial charge in [0.2, 0.25) is 0 Å². The standard InChI is InChI=1S/C24H23F3N4O.ClH/c1-29(2)11-3-12-31-22-9-8-21(14-19(22)16-28-31)30-13-10-18(15-23(30)32)17-4-6-20(7-5-17)24(25,26)27;/h4-10,13-16H,3,11-12H2,1-2H3;1H. The van der Waals surface area contributed by atoms with Crippen molar-refractivity contribution in [3.8, 4) is 16.8 Å². The van der Waals surface area contributed by atoms with E-state index in [1.54, 1.807) is 18.5 Å². The predicted octanol–water partition coefficient (Wildman–Crippen LogP) is 5.25. The molecule has 0 saturated heterocycles. The third kappa shape index (κ3) is 5.46. The van der Waals surface area contributed by atoms with Crippen LogP contribution in [0.3, 0.4) is 0 Å². The van der Waals surface area contributed by atoms with Crippen LogP contribution in [-0.4, -0.2) is 39.9 Å². The molecular formula is C24H24ClF3N4O. The van der Waals surface area contributed by atoms with Crippen LogP contribution < -0.4 is 5.56 Å². The highest BCUT2D eigenvalue weighted by molar-refractivity contribution is 5.85. The van der Waals surface area contributed by atoms with E-state index < -0.39 is 11.7 Å². The van der Waals surface area contributed by atoms with Gasteiger partial charge in [0, 0.05) is 29.9 Å². The van der Waals surface area contributed by atoms with Crippen molar-refractivity contribution < 1.29 is 13.2 Å². The Bertz CT molecular complexity index is 1290. The predicted molar refractivity (Wildman–Crippen MR) is 126 cm³/mol. The van der Waals surface area contributed by atoms with Crippen molar-refractivity contribution in [2.24, 2.45) is 0 Å². The maximum Gasteiger partial charge on any atom is 0.416 e. The normalized spacial score (nSPS) is 11.7. The summed E-state index contributed by atoms with van der Waals surface area (Å²) in [6, 6.07) is 13.7. The van der Waals surface area contributed by atoms with E-state index in [9.17, 15) is 18.0 Å². The molecule has 4 aromatic rings. The average Bonchev–Trinajstić information content (AvgIpc) is 3.15. The van der Waals surface area contributed by atoms with Gasteiger partial charge < -0.3 is 4.90 Å². The fourth-order valence-corrected chi connectivity index (χ4v) is 3.66. The van der Waals surface area contributed by atoms with E-state index in [0.717, 1.165) is 42.5 Å². The number of aryl methyl sites for hydroxylation is 1. The van der Waals surface area contributed by atoms with Crippen LogP contribution in [0.1, 0.15) is 12.0 Å². The average molecular weight is 477 g/mol. The van der Waals surface area contributed by atoms with Gasteiger partial charge in [-0.2, -0.15) is 18.3 Å². The van der Waals surface area contributed by atoms with E-state index in [4.69, 9.17) is 0 Å². The highest BCUT2D eigenvalue weighted by Gasteiger charge is 2.29. The Morgan fingerprint density at radius 1 is 0.970 bits per heavy atom. The van der Waals surface area contributed by atoms with E-state index in [1.807, 2.05) is 37.0 Å². The van der Waals surface area contributed by atoms with Gasteiger partial charge in [-0.1, -0.05) is 12.1 Å². The lowest BCUT2D eigenvalue weighted by Crippen LogP contribution is -2.16. The monoisotopic (exact) mass is 476 g/mol. The molecule has 0 bridgehead atoms. The minimum absolute atomic E-state index is 0. The number of hydrogen-bond acceptors (Lipinski definition) is 3. The second kappa shape index (κ2) is 9.80. The molecule has 0 aliphatic heterocycles. The Morgan fingerprint density at radius 2 is 1.70 bits per heavy atom. The summed E-state index contributed by atoms with van der Waals surface area (Å²) in [4.78, 5) is 14.9. The first-order valence-electron chi connectivity index (χ1n) is 10.2. The summed E-state index contributed by atoms with van der Waals surface area (Å²) in [6.07, 6.45) is 0.0191. The molecule has 0 aliphatic carbocycles. The lowest BCUT2D eigenvalue weighted by molar-refractivity contribution is -0.137. The first-order valence-corrected chi connectivity index (χ1v) is 10.2. The number of pyridine rings is 1. The number of hydrogen-bond donors (Lipinski definition) is 0. The molecule has 2 aromatic heterocycles. The summed E-state index contributed by atoms with van der Waals surface area (Å²) in [6.45, 7) is 1.78. The number of aromatic nitrogens is 3. The summed E-state index contributed by atoms with van der Waals surface area (Å²) >= 11 is 0. The lowest BCUT2D eigenvalue weighted by atomic mass is 10.0. The second-order valence-corrected chi connectivity index (χ2v) is 7.97. The molecule has 0 saturated carbocycles. The summed E-state index contributed by atoms with van der Waals surface area (Å²) in [5, 5.41) is 5.39. The van der Waals surface area contributed by atoms with Crippen molar-refractivity contribution in [1.82, 2.24) is 19.2 Å². The Hall–Kier alpha value is -3.10. The minimum atomic E-state index is -4.39. The molecule has 9 heteroatoms. The van der Waals surface area contributed by atoms with Crippen molar-refractivity contribution in [3.63, 3.8) is 0 Å². The molecule has 0 radical (unpaired) electrons. The van der Waals surface area contributed by atoms with E-state index in [0.29, 0.717) is 16.8 Å². The molecule has 4 rings (SSSR count). The molecular weight excluding hydrogens is 453 g/mol. The molecule has 174 valence electrons. The summed E-state index contributed by atoms with van der Waals surface area (Å²) in [7, 11) is 4.07. The van der Waals surface area contributed by atoms with Crippen molar-refractivity contribution in [2.45, 2.75) is 19.1 Å². The highest BCUT2D eigenvalue weighted by Crippen LogP contribution is 2.30. The summed E-state index contributed by atoms with van der Waals surface area (Å²) in [5.74, 6) is 0. The van der Waals surface area contributed by atoms with E-state index in [-0.39, 0.29) is 18.0 Å². The SMILES string of the molecule is CN(C)CCCn1ncc2cc(-n3ccc(-c4ccc(C(F)(F)F)cc4)cc3=O)ccc21.Cl. The third-order valence-corrected chi connectivity index (χ3v) is 5.34. The van der Waals surface area contributed by atoms with Gasteiger partial charge in [-0.15, -0.1) is 12.4 Å². The minimum Gasteiger partial charge on any atom is -0.309 e. The number of alkyl halides is 3. The summed E-state index contributed by atoms with van der Waals surface area (Å²) < 4.78 is 41.8. The zero-order chi connectivity index (χ0) is 22.9. The van der Waals surface area contributed by atoms with Gasteiger partial charge in [-0.05, 0) is 74.6 Å². The number of fused-ring (bicyclic) bond motifs is 1. The van der Waals surface area contributed by atoms with Gasteiger partial charge in [0.05, 0.1) is 17.3 Å². The van der Waals surface area contributed by atoms with Gasteiger partial charge in [0.15, 0.2) is 0 Å². The van der Waals surface area contributed by atoms with Gasteiger partial charge in [0.1, 0.15) is 0 Å². The van der Waals surface area contributed by atoms with Gasteiger partial charge in [-0.3, -0.25) is 14.0 Å². The van der Waals surface area contributed by atoms with Crippen LogP contribution in [0.5, 0.6) is 0 Å². The first kappa shape index (κ1) is 24.5. The molecule has 0 aliphatic rings. The molecule has 2 aromatic carbocycles.